The number of hydrogen-bond donors (Lipinski definition) is 2. The van der Waals surface area contributed by atoms with Gasteiger partial charge in [-0.15, -0.1) is 0 Å². The predicted molar refractivity (Wildman–Crippen MR) is 80.0 cm³/mol. The minimum atomic E-state index is -0.361. The Bertz CT molecular complexity index is 723. The van der Waals surface area contributed by atoms with Crippen LogP contribution < -0.4 is 11.1 Å². The van der Waals surface area contributed by atoms with Crippen LogP contribution in [0, 0.1) is 11.3 Å². The van der Waals surface area contributed by atoms with E-state index in [0.29, 0.717) is 32.5 Å². The number of nitrogens with zero attached hydrogens (tertiary/aromatic N) is 1. The zero-order chi connectivity index (χ0) is 14.7. The number of rotatable bonds is 2. The van der Waals surface area contributed by atoms with Crippen LogP contribution in [0.5, 0.6) is 0 Å². The number of nitriles is 1. The molecule has 0 aromatic heterocycles. The van der Waals surface area contributed by atoms with Crippen molar-refractivity contribution in [1.82, 2.24) is 0 Å². The van der Waals surface area contributed by atoms with Crippen molar-refractivity contribution in [2.24, 2.45) is 0 Å². The molecule has 6 heteroatoms. The first kappa shape index (κ1) is 14.2. The molecular formula is C14H9Cl2N3O. The van der Waals surface area contributed by atoms with Crippen molar-refractivity contribution in [1.29, 1.82) is 5.26 Å². The van der Waals surface area contributed by atoms with E-state index in [1.807, 2.05) is 6.07 Å². The summed E-state index contributed by atoms with van der Waals surface area (Å²) in [5, 5.41) is 12.1. The van der Waals surface area contributed by atoms with E-state index in [-0.39, 0.29) is 5.91 Å². The highest BCUT2D eigenvalue weighted by molar-refractivity contribution is 6.34. The second-order valence-electron chi connectivity index (χ2n) is 4.00. The van der Waals surface area contributed by atoms with Gasteiger partial charge in [0.1, 0.15) is 0 Å². The highest BCUT2D eigenvalue weighted by Gasteiger charge is 2.10. The fourth-order valence-corrected chi connectivity index (χ4v) is 1.91. The summed E-state index contributed by atoms with van der Waals surface area (Å²) in [5.41, 5.74) is 7.18. The molecule has 2 aromatic carbocycles. The van der Waals surface area contributed by atoms with Crippen LogP contribution in [-0.4, -0.2) is 5.91 Å². The molecule has 2 rings (SSSR count). The monoisotopic (exact) mass is 305 g/mol. The molecular weight excluding hydrogens is 297 g/mol. The lowest BCUT2D eigenvalue weighted by atomic mass is 10.1. The Hall–Kier alpha value is -2.22. The highest BCUT2D eigenvalue weighted by Crippen LogP contribution is 2.24. The van der Waals surface area contributed by atoms with E-state index in [9.17, 15) is 4.79 Å². The van der Waals surface area contributed by atoms with E-state index in [2.05, 4.69) is 5.32 Å². The van der Waals surface area contributed by atoms with Crippen LogP contribution in [0.15, 0.2) is 36.4 Å². The predicted octanol–water partition coefficient (Wildman–Crippen LogP) is 3.70. The summed E-state index contributed by atoms with van der Waals surface area (Å²) in [6, 6.07) is 11.2. The van der Waals surface area contributed by atoms with E-state index in [1.54, 1.807) is 24.3 Å². The van der Waals surface area contributed by atoms with E-state index >= 15 is 0 Å². The number of hydrogen-bond acceptors (Lipinski definition) is 3. The van der Waals surface area contributed by atoms with Crippen molar-refractivity contribution in [2.75, 3.05) is 11.1 Å². The average Bonchev–Trinajstić information content (AvgIpc) is 2.43. The Balaban J connectivity index is 2.23. The zero-order valence-corrected chi connectivity index (χ0v) is 11.7. The van der Waals surface area contributed by atoms with E-state index in [0.717, 1.165) is 0 Å². The molecule has 0 aliphatic carbocycles. The van der Waals surface area contributed by atoms with Gasteiger partial charge in [-0.25, -0.2) is 0 Å². The van der Waals surface area contributed by atoms with E-state index in [4.69, 9.17) is 34.2 Å². The summed E-state index contributed by atoms with van der Waals surface area (Å²) in [5.74, 6) is -0.361. The number of anilines is 2. The van der Waals surface area contributed by atoms with Gasteiger partial charge in [0.2, 0.25) is 0 Å². The normalized spacial score (nSPS) is 9.85. The van der Waals surface area contributed by atoms with Crippen molar-refractivity contribution in [3.63, 3.8) is 0 Å². The molecule has 0 unspecified atom stereocenters. The van der Waals surface area contributed by atoms with Gasteiger partial charge >= 0.3 is 0 Å². The minimum absolute atomic E-state index is 0.291. The number of amides is 1. The molecule has 0 bridgehead atoms. The average molecular weight is 306 g/mol. The van der Waals surface area contributed by atoms with Crippen LogP contribution in [-0.2, 0) is 0 Å². The van der Waals surface area contributed by atoms with Gasteiger partial charge in [-0.2, -0.15) is 5.26 Å². The number of halogens is 2. The van der Waals surface area contributed by atoms with Gasteiger partial charge in [-0.05, 0) is 36.4 Å². The molecule has 1 amide bonds. The fraction of sp³-hybridized carbons (Fsp3) is 0. The molecule has 0 fully saturated rings. The maximum absolute atomic E-state index is 12.1. The summed E-state index contributed by atoms with van der Waals surface area (Å²) in [6.45, 7) is 0. The van der Waals surface area contributed by atoms with Gasteiger partial charge < -0.3 is 11.1 Å². The number of nitrogens with two attached hydrogens (primary N) is 1. The third kappa shape index (κ3) is 3.02. The van der Waals surface area contributed by atoms with E-state index < -0.39 is 0 Å². The molecule has 2 aromatic rings. The fourth-order valence-electron chi connectivity index (χ4n) is 1.57. The molecule has 0 heterocycles. The molecule has 0 atom stereocenters. The lowest BCUT2D eigenvalue weighted by Crippen LogP contribution is -2.12. The molecule has 0 saturated heterocycles. The van der Waals surface area contributed by atoms with Crippen molar-refractivity contribution < 1.29 is 4.79 Å². The number of carbonyl (C=O) groups is 1. The standard InChI is InChI=1S/C14H9Cl2N3O/c15-10-3-2-9(6-12(10)18)14(20)19-13-4-1-8(7-17)5-11(13)16/h1-6H,18H2,(H,19,20). The second-order valence-corrected chi connectivity index (χ2v) is 4.81. The van der Waals surface area contributed by atoms with Crippen LogP contribution in [0.2, 0.25) is 10.0 Å². The summed E-state index contributed by atoms with van der Waals surface area (Å²) in [6.07, 6.45) is 0. The Morgan fingerprint density at radius 2 is 1.90 bits per heavy atom. The molecule has 0 aliphatic heterocycles. The Morgan fingerprint density at radius 1 is 1.15 bits per heavy atom. The third-order valence-electron chi connectivity index (χ3n) is 2.60. The topological polar surface area (TPSA) is 78.9 Å². The maximum atomic E-state index is 12.1. The number of benzene rings is 2. The minimum Gasteiger partial charge on any atom is -0.398 e. The van der Waals surface area contributed by atoms with Crippen molar-refractivity contribution in [2.45, 2.75) is 0 Å². The molecule has 4 nitrogen and oxygen atoms in total. The van der Waals surface area contributed by atoms with Crippen molar-refractivity contribution in [3.05, 3.63) is 57.6 Å². The highest BCUT2D eigenvalue weighted by atomic mass is 35.5. The summed E-state index contributed by atoms with van der Waals surface area (Å²) in [4.78, 5) is 12.1. The zero-order valence-electron chi connectivity index (χ0n) is 10.2. The first-order valence-electron chi connectivity index (χ1n) is 5.57. The van der Waals surface area contributed by atoms with Crippen LogP contribution in [0.25, 0.3) is 0 Å². The van der Waals surface area contributed by atoms with Crippen LogP contribution in [0.3, 0.4) is 0 Å². The Morgan fingerprint density at radius 3 is 2.50 bits per heavy atom. The van der Waals surface area contributed by atoms with Gasteiger partial charge in [0.15, 0.2) is 0 Å². The first-order chi connectivity index (χ1) is 9.51. The molecule has 20 heavy (non-hydrogen) atoms. The van der Waals surface area contributed by atoms with Crippen LogP contribution in [0.1, 0.15) is 15.9 Å². The number of nitrogen functional groups attached to an aromatic ring is 1. The molecule has 0 radical (unpaired) electrons. The second kappa shape index (κ2) is 5.83. The van der Waals surface area contributed by atoms with Gasteiger partial charge in [0.25, 0.3) is 5.91 Å². The lowest BCUT2D eigenvalue weighted by Gasteiger charge is -2.08. The lowest BCUT2D eigenvalue weighted by molar-refractivity contribution is 0.102. The van der Waals surface area contributed by atoms with Crippen molar-refractivity contribution in [3.8, 4) is 6.07 Å². The van der Waals surface area contributed by atoms with E-state index in [1.165, 1.54) is 12.1 Å². The molecule has 0 aliphatic rings. The van der Waals surface area contributed by atoms with Crippen LogP contribution >= 0.6 is 23.2 Å². The van der Waals surface area contributed by atoms with Crippen LogP contribution in [0.4, 0.5) is 11.4 Å². The quantitative estimate of drug-likeness (QED) is 0.830. The Kier molecular flexibility index (Phi) is 4.14. The van der Waals surface area contributed by atoms with Gasteiger partial charge in [-0.3, -0.25) is 4.79 Å². The summed E-state index contributed by atoms with van der Waals surface area (Å²) in [7, 11) is 0. The summed E-state index contributed by atoms with van der Waals surface area (Å²) >= 11 is 11.8. The van der Waals surface area contributed by atoms with Gasteiger partial charge in [-0.1, -0.05) is 23.2 Å². The molecule has 0 saturated carbocycles. The summed E-state index contributed by atoms with van der Waals surface area (Å²) < 4.78 is 0. The SMILES string of the molecule is N#Cc1ccc(NC(=O)c2ccc(Cl)c(N)c2)c(Cl)c1. The molecule has 0 spiro atoms. The number of nitrogens with one attached hydrogen (secondary N) is 1. The van der Waals surface area contributed by atoms with Gasteiger partial charge in [0.05, 0.1) is 33.1 Å². The van der Waals surface area contributed by atoms with Crippen molar-refractivity contribution >= 4 is 40.5 Å². The van der Waals surface area contributed by atoms with Gasteiger partial charge in [0, 0.05) is 5.56 Å². The largest absolute Gasteiger partial charge is 0.398 e. The first-order valence-corrected chi connectivity index (χ1v) is 6.33. The number of carbonyl (C=O) groups excluding carboxylic acids is 1. The third-order valence-corrected chi connectivity index (χ3v) is 3.26. The molecule has 100 valence electrons. The smallest absolute Gasteiger partial charge is 0.255 e. The Labute approximate surface area is 125 Å². The molecule has 3 N–H and O–H groups in total. The maximum Gasteiger partial charge on any atom is 0.255 e.